The number of sulfonamides is 1. The molecule has 0 aliphatic heterocycles. The summed E-state index contributed by atoms with van der Waals surface area (Å²) < 4.78 is 26.4. The SMILES string of the molecule is CNC(=O)[C@H](C)N(Cc1cccc(Cl)c1)C(=O)CN(c1ccccc1Br)S(C)(=O)=O. The molecule has 0 saturated heterocycles. The van der Waals surface area contributed by atoms with E-state index in [-0.39, 0.29) is 12.5 Å². The van der Waals surface area contributed by atoms with Crippen LogP contribution in [0.3, 0.4) is 0 Å². The standard InChI is InChI=1S/C20H23BrClN3O4S/c1-14(20(27)23-2)24(12-15-7-6-8-16(22)11-15)19(26)13-25(30(3,28)29)18-10-5-4-9-17(18)21/h4-11,14H,12-13H2,1-3H3,(H,23,27)/t14-/m0/s1. The highest BCUT2D eigenvalue weighted by atomic mass is 79.9. The second-order valence-electron chi connectivity index (χ2n) is 6.66. The van der Waals surface area contributed by atoms with Gasteiger partial charge in [-0.05, 0) is 52.7 Å². The molecule has 0 heterocycles. The van der Waals surface area contributed by atoms with Crippen molar-refractivity contribution < 1.29 is 18.0 Å². The third-order valence-corrected chi connectivity index (χ3v) is 6.49. The zero-order chi connectivity index (χ0) is 22.5. The summed E-state index contributed by atoms with van der Waals surface area (Å²) in [6, 6.07) is 12.8. The maximum Gasteiger partial charge on any atom is 0.244 e. The molecule has 1 atom stereocenters. The number of rotatable bonds is 8. The van der Waals surface area contributed by atoms with Crippen molar-refractivity contribution in [3.05, 3.63) is 63.6 Å². The highest BCUT2D eigenvalue weighted by molar-refractivity contribution is 9.10. The van der Waals surface area contributed by atoms with Gasteiger partial charge < -0.3 is 10.2 Å². The van der Waals surface area contributed by atoms with Gasteiger partial charge in [0, 0.05) is 23.1 Å². The van der Waals surface area contributed by atoms with E-state index < -0.39 is 28.5 Å². The van der Waals surface area contributed by atoms with Crippen molar-refractivity contribution in [1.82, 2.24) is 10.2 Å². The smallest absolute Gasteiger partial charge is 0.244 e. The Balaban J connectivity index is 2.40. The van der Waals surface area contributed by atoms with Crippen molar-refractivity contribution in [2.45, 2.75) is 19.5 Å². The van der Waals surface area contributed by atoms with Gasteiger partial charge in [-0.3, -0.25) is 13.9 Å². The molecule has 0 spiro atoms. The minimum Gasteiger partial charge on any atom is -0.357 e. The van der Waals surface area contributed by atoms with Crippen LogP contribution in [-0.2, 0) is 26.2 Å². The molecule has 162 valence electrons. The average molecular weight is 517 g/mol. The number of anilines is 1. The quantitative estimate of drug-likeness (QED) is 0.584. The molecule has 10 heteroatoms. The van der Waals surface area contributed by atoms with Crippen molar-refractivity contribution in [2.24, 2.45) is 0 Å². The lowest BCUT2D eigenvalue weighted by Gasteiger charge is -2.31. The van der Waals surface area contributed by atoms with Crippen LogP contribution in [0.25, 0.3) is 0 Å². The number of amides is 2. The maximum absolute atomic E-state index is 13.2. The molecule has 0 aliphatic rings. The molecule has 0 saturated carbocycles. The van der Waals surface area contributed by atoms with Crippen LogP contribution in [0.2, 0.25) is 5.02 Å². The van der Waals surface area contributed by atoms with Crippen LogP contribution < -0.4 is 9.62 Å². The third-order valence-electron chi connectivity index (χ3n) is 4.46. The van der Waals surface area contributed by atoms with Gasteiger partial charge in [-0.1, -0.05) is 35.9 Å². The van der Waals surface area contributed by atoms with Gasteiger partial charge in [0.2, 0.25) is 21.8 Å². The van der Waals surface area contributed by atoms with E-state index in [4.69, 9.17) is 11.6 Å². The van der Waals surface area contributed by atoms with Crippen LogP contribution >= 0.6 is 27.5 Å². The Kier molecular flexibility index (Phi) is 8.28. The number of benzene rings is 2. The summed E-state index contributed by atoms with van der Waals surface area (Å²) in [5, 5.41) is 3.02. The van der Waals surface area contributed by atoms with E-state index in [1.165, 1.54) is 11.9 Å². The number of likely N-dealkylation sites (N-methyl/N-ethyl adjacent to an activating group) is 1. The molecule has 0 radical (unpaired) electrons. The highest BCUT2D eigenvalue weighted by Gasteiger charge is 2.30. The Bertz CT molecular complexity index is 1030. The summed E-state index contributed by atoms with van der Waals surface area (Å²) in [5.74, 6) is -0.885. The van der Waals surface area contributed by atoms with E-state index in [1.54, 1.807) is 55.5 Å². The summed E-state index contributed by atoms with van der Waals surface area (Å²) in [7, 11) is -2.29. The predicted octanol–water partition coefficient (Wildman–Crippen LogP) is 3.03. The van der Waals surface area contributed by atoms with Gasteiger partial charge in [-0.2, -0.15) is 0 Å². The van der Waals surface area contributed by atoms with Crippen molar-refractivity contribution in [3.63, 3.8) is 0 Å². The number of hydrogen-bond acceptors (Lipinski definition) is 4. The first-order valence-electron chi connectivity index (χ1n) is 9.02. The molecule has 1 N–H and O–H groups in total. The molecule has 2 rings (SSSR count). The molecule has 30 heavy (non-hydrogen) atoms. The zero-order valence-electron chi connectivity index (χ0n) is 16.8. The number of halogens is 2. The molecule has 0 unspecified atom stereocenters. The lowest BCUT2D eigenvalue weighted by molar-refractivity contribution is -0.139. The fraction of sp³-hybridized carbons (Fsp3) is 0.300. The number of carbonyl (C=O) groups is 2. The molecule has 7 nitrogen and oxygen atoms in total. The van der Waals surface area contributed by atoms with Crippen LogP contribution in [-0.4, -0.2) is 51.0 Å². The molecular formula is C20H23BrClN3O4S. The molecule has 0 bridgehead atoms. The predicted molar refractivity (Wildman–Crippen MR) is 122 cm³/mol. The Hall–Kier alpha value is -2.10. The first kappa shape index (κ1) is 24.2. The number of carbonyl (C=O) groups excluding carboxylic acids is 2. The molecule has 0 aromatic heterocycles. The highest BCUT2D eigenvalue weighted by Crippen LogP contribution is 2.28. The van der Waals surface area contributed by atoms with Crippen molar-refractivity contribution in [2.75, 3.05) is 24.2 Å². The van der Waals surface area contributed by atoms with E-state index in [9.17, 15) is 18.0 Å². The van der Waals surface area contributed by atoms with E-state index in [0.29, 0.717) is 15.2 Å². The van der Waals surface area contributed by atoms with Crippen LogP contribution in [0.15, 0.2) is 53.0 Å². The summed E-state index contributed by atoms with van der Waals surface area (Å²) in [4.78, 5) is 26.8. The second kappa shape index (κ2) is 10.3. The Labute approximate surface area is 190 Å². The molecule has 2 amide bonds. The summed E-state index contributed by atoms with van der Waals surface area (Å²) in [6.07, 6.45) is 1.03. The van der Waals surface area contributed by atoms with Crippen LogP contribution in [0.1, 0.15) is 12.5 Å². The zero-order valence-corrected chi connectivity index (χ0v) is 20.0. The van der Waals surface area contributed by atoms with Crippen LogP contribution in [0, 0.1) is 0 Å². The minimum absolute atomic E-state index is 0.0988. The Morgan fingerprint density at radius 3 is 2.40 bits per heavy atom. The first-order chi connectivity index (χ1) is 14.0. The van der Waals surface area contributed by atoms with Gasteiger partial charge in [0.1, 0.15) is 12.6 Å². The number of hydrogen-bond donors (Lipinski definition) is 1. The van der Waals surface area contributed by atoms with Crippen LogP contribution in [0.5, 0.6) is 0 Å². The lowest BCUT2D eigenvalue weighted by Crippen LogP contribution is -2.50. The Morgan fingerprint density at radius 2 is 1.83 bits per heavy atom. The monoisotopic (exact) mass is 515 g/mol. The van der Waals surface area contributed by atoms with Gasteiger partial charge in [-0.25, -0.2) is 8.42 Å². The molecule has 0 fully saturated rings. The van der Waals surface area contributed by atoms with E-state index in [2.05, 4.69) is 21.2 Å². The average Bonchev–Trinajstić information content (AvgIpc) is 2.69. The van der Waals surface area contributed by atoms with E-state index in [1.807, 2.05) is 0 Å². The third kappa shape index (κ3) is 6.20. The number of para-hydroxylation sites is 1. The number of nitrogens with zero attached hydrogens (tertiary/aromatic N) is 2. The van der Waals surface area contributed by atoms with Gasteiger partial charge in [0.25, 0.3) is 0 Å². The lowest BCUT2D eigenvalue weighted by atomic mass is 10.1. The van der Waals surface area contributed by atoms with Crippen molar-refractivity contribution in [1.29, 1.82) is 0 Å². The topological polar surface area (TPSA) is 86.8 Å². The first-order valence-corrected chi connectivity index (χ1v) is 12.0. The normalized spacial score (nSPS) is 12.2. The largest absolute Gasteiger partial charge is 0.357 e. The van der Waals surface area contributed by atoms with Crippen molar-refractivity contribution >= 4 is 55.1 Å². The molecule has 2 aromatic carbocycles. The van der Waals surface area contributed by atoms with E-state index in [0.717, 1.165) is 16.1 Å². The van der Waals surface area contributed by atoms with Crippen molar-refractivity contribution in [3.8, 4) is 0 Å². The second-order valence-corrected chi connectivity index (χ2v) is 9.86. The maximum atomic E-state index is 13.2. The van der Waals surface area contributed by atoms with Gasteiger partial charge >= 0.3 is 0 Å². The molecular weight excluding hydrogens is 494 g/mol. The van der Waals surface area contributed by atoms with Crippen LogP contribution in [0.4, 0.5) is 5.69 Å². The van der Waals surface area contributed by atoms with E-state index >= 15 is 0 Å². The minimum atomic E-state index is -3.77. The molecule has 2 aromatic rings. The molecule has 0 aliphatic carbocycles. The summed E-state index contributed by atoms with van der Waals surface area (Å²) in [6.45, 7) is 1.23. The fourth-order valence-corrected chi connectivity index (χ4v) is 4.56. The summed E-state index contributed by atoms with van der Waals surface area (Å²) >= 11 is 9.38. The van der Waals surface area contributed by atoms with Gasteiger partial charge in [0.05, 0.1) is 11.9 Å². The Morgan fingerprint density at radius 1 is 1.17 bits per heavy atom. The summed E-state index contributed by atoms with van der Waals surface area (Å²) in [5.41, 5.74) is 1.06. The van der Waals surface area contributed by atoms with Gasteiger partial charge in [-0.15, -0.1) is 0 Å². The fourth-order valence-electron chi connectivity index (χ4n) is 2.87. The van der Waals surface area contributed by atoms with Gasteiger partial charge in [0.15, 0.2) is 0 Å². The number of nitrogens with one attached hydrogen (secondary N) is 1.